The molecule has 0 spiro atoms. The van der Waals surface area contributed by atoms with Crippen LogP contribution >= 0.6 is 28.1 Å². The third-order valence-corrected chi connectivity index (χ3v) is 7.77. The first-order valence-corrected chi connectivity index (χ1v) is 13.9. The van der Waals surface area contributed by atoms with Gasteiger partial charge in [-0.2, -0.15) is 0 Å². The standard InChI is InChI=1S/C30H29BrN4O2S/c1-3-20-8-4-5-9-23(20)33-27(36)15-17-35-29(28(34-30(35)38)24-10-6-7-16-32-24)26-14-13-25(37-26)21-12-11-19(2)18-22(21)31/h4-14,16,18,28-29H,3,15,17H2,1-2H3,(H,33,36)(H,34,38)/t28-,29-/m0/s1. The first-order chi connectivity index (χ1) is 18.4. The van der Waals surface area contributed by atoms with Crippen molar-refractivity contribution in [3.8, 4) is 11.3 Å². The lowest BCUT2D eigenvalue weighted by Crippen LogP contribution is -2.32. The zero-order valence-corrected chi connectivity index (χ0v) is 23.7. The largest absolute Gasteiger partial charge is 0.459 e. The summed E-state index contributed by atoms with van der Waals surface area (Å²) in [5.74, 6) is 1.46. The zero-order chi connectivity index (χ0) is 26.6. The fourth-order valence-corrected chi connectivity index (χ4v) is 5.84. The summed E-state index contributed by atoms with van der Waals surface area (Å²) in [5.41, 5.74) is 4.96. The van der Waals surface area contributed by atoms with Gasteiger partial charge in [-0.25, -0.2) is 0 Å². The Morgan fingerprint density at radius 1 is 1.13 bits per heavy atom. The number of thiocarbonyl (C=S) groups is 1. The molecule has 2 atom stereocenters. The topological polar surface area (TPSA) is 70.4 Å². The van der Waals surface area contributed by atoms with Crippen molar-refractivity contribution in [2.24, 2.45) is 0 Å². The van der Waals surface area contributed by atoms with Crippen LogP contribution in [0.3, 0.4) is 0 Å². The number of hydrogen-bond donors (Lipinski definition) is 2. The van der Waals surface area contributed by atoms with E-state index in [-0.39, 0.29) is 24.4 Å². The molecule has 0 saturated carbocycles. The molecule has 1 aliphatic heterocycles. The van der Waals surface area contributed by atoms with E-state index in [4.69, 9.17) is 16.6 Å². The van der Waals surface area contributed by atoms with E-state index in [0.29, 0.717) is 11.7 Å². The minimum Gasteiger partial charge on any atom is -0.459 e. The third-order valence-electron chi connectivity index (χ3n) is 6.76. The number of nitrogens with zero attached hydrogens (tertiary/aromatic N) is 2. The quantitative estimate of drug-likeness (QED) is 0.216. The van der Waals surface area contributed by atoms with E-state index in [1.807, 2.05) is 65.6 Å². The van der Waals surface area contributed by atoms with Crippen molar-refractivity contribution in [3.63, 3.8) is 0 Å². The Labute approximate surface area is 236 Å². The molecule has 6 nitrogen and oxygen atoms in total. The highest BCUT2D eigenvalue weighted by Gasteiger charge is 2.41. The second kappa shape index (κ2) is 11.5. The van der Waals surface area contributed by atoms with Gasteiger partial charge in [0, 0.05) is 34.9 Å². The number of carbonyl (C=O) groups is 1. The molecule has 5 rings (SSSR count). The van der Waals surface area contributed by atoms with Gasteiger partial charge in [0.2, 0.25) is 5.91 Å². The Morgan fingerprint density at radius 2 is 1.95 bits per heavy atom. The summed E-state index contributed by atoms with van der Waals surface area (Å²) in [6.07, 6.45) is 2.90. The van der Waals surface area contributed by atoms with Crippen LogP contribution in [-0.4, -0.2) is 27.4 Å². The number of hydrogen-bond acceptors (Lipinski definition) is 4. The lowest BCUT2D eigenvalue weighted by atomic mass is 10.0. The van der Waals surface area contributed by atoms with Crippen LogP contribution in [0.4, 0.5) is 5.69 Å². The van der Waals surface area contributed by atoms with Crippen molar-refractivity contribution in [1.29, 1.82) is 0 Å². The molecular formula is C30H29BrN4O2S. The van der Waals surface area contributed by atoms with Crippen LogP contribution in [0.25, 0.3) is 11.3 Å². The van der Waals surface area contributed by atoms with Gasteiger partial charge in [-0.05, 0) is 79.2 Å². The molecule has 0 bridgehead atoms. The summed E-state index contributed by atoms with van der Waals surface area (Å²) in [6, 6.07) is 23.4. The molecule has 0 unspecified atom stereocenters. The Hall–Kier alpha value is -3.49. The van der Waals surface area contributed by atoms with Gasteiger partial charge in [-0.3, -0.25) is 9.78 Å². The number of aryl methyl sites for hydroxylation is 2. The molecule has 1 amide bonds. The predicted molar refractivity (Wildman–Crippen MR) is 158 cm³/mol. The molecule has 2 aromatic heterocycles. The number of nitrogens with one attached hydrogen (secondary N) is 2. The molecule has 4 aromatic rings. The van der Waals surface area contributed by atoms with Gasteiger partial charge >= 0.3 is 0 Å². The number of halogens is 1. The third kappa shape index (κ3) is 5.51. The second-order valence-electron chi connectivity index (χ2n) is 9.31. The van der Waals surface area contributed by atoms with Crippen LogP contribution in [0.5, 0.6) is 0 Å². The fourth-order valence-electron chi connectivity index (χ4n) is 4.82. The van der Waals surface area contributed by atoms with E-state index >= 15 is 0 Å². The average molecular weight is 590 g/mol. The summed E-state index contributed by atoms with van der Waals surface area (Å²) >= 11 is 9.42. The lowest BCUT2D eigenvalue weighted by molar-refractivity contribution is -0.116. The second-order valence-corrected chi connectivity index (χ2v) is 10.6. The maximum Gasteiger partial charge on any atom is 0.226 e. The van der Waals surface area contributed by atoms with Crippen LogP contribution in [0.1, 0.15) is 48.0 Å². The number of anilines is 1. The minimum absolute atomic E-state index is 0.0579. The molecule has 194 valence electrons. The Morgan fingerprint density at radius 3 is 2.71 bits per heavy atom. The molecule has 8 heteroatoms. The molecular weight excluding hydrogens is 560 g/mol. The molecule has 38 heavy (non-hydrogen) atoms. The van der Waals surface area contributed by atoms with Gasteiger partial charge in [0.25, 0.3) is 0 Å². The Bertz CT molecular complexity index is 1460. The first-order valence-electron chi connectivity index (χ1n) is 12.7. The molecule has 0 radical (unpaired) electrons. The summed E-state index contributed by atoms with van der Waals surface area (Å²) < 4.78 is 7.41. The van der Waals surface area contributed by atoms with Crippen molar-refractivity contribution >= 4 is 44.9 Å². The number of carbonyl (C=O) groups excluding carboxylic acids is 1. The van der Waals surface area contributed by atoms with Gasteiger partial charge in [-0.1, -0.05) is 53.2 Å². The molecule has 3 heterocycles. The molecule has 0 aliphatic carbocycles. The van der Waals surface area contributed by atoms with Crippen LogP contribution in [0.15, 0.2) is 87.9 Å². The van der Waals surface area contributed by atoms with Crippen LogP contribution in [-0.2, 0) is 11.2 Å². The van der Waals surface area contributed by atoms with Gasteiger partial charge < -0.3 is 20.0 Å². The highest BCUT2D eigenvalue weighted by atomic mass is 79.9. The fraction of sp³-hybridized carbons (Fsp3) is 0.233. The number of rotatable bonds is 8. The maximum atomic E-state index is 13.0. The molecule has 2 aromatic carbocycles. The van der Waals surface area contributed by atoms with E-state index in [9.17, 15) is 4.79 Å². The monoisotopic (exact) mass is 588 g/mol. The highest BCUT2D eigenvalue weighted by Crippen LogP contribution is 2.41. The van der Waals surface area contributed by atoms with E-state index < -0.39 is 0 Å². The number of benzene rings is 2. The van der Waals surface area contributed by atoms with Crippen molar-refractivity contribution in [1.82, 2.24) is 15.2 Å². The molecule has 2 N–H and O–H groups in total. The van der Waals surface area contributed by atoms with Gasteiger partial charge in [0.1, 0.15) is 17.6 Å². The van der Waals surface area contributed by atoms with Crippen LogP contribution < -0.4 is 10.6 Å². The summed E-state index contributed by atoms with van der Waals surface area (Å²) in [4.78, 5) is 19.6. The maximum absolute atomic E-state index is 13.0. The molecule has 1 aliphatic rings. The Kier molecular flexibility index (Phi) is 7.90. The number of para-hydroxylation sites is 1. The van der Waals surface area contributed by atoms with Gasteiger partial charge in [0.15, 0.2) is 5.11 Å². The number of pyridine rings is 1. The van der Waals surface area contributed by atoms with E-state index in [2.05, 4.69) is 57.5 Å². The van der Waals surface area contributed by atoms with E-state index in [0.717, 1.165) is 44.9 Å². The number of furan rings is 1. The van der Waals surface area contributed by atoms with Crippen LogP contribution in [0, 0.1) is 6.92 Å². The van der Waals surface area contributed by atoms with Crippen molar-refractivity contribution < 1.29 is 9.21 Å². The normalized spacial score (nSPS) is 16.9. The van der Waals surface area contributed by atoms with Crippen molar-refractivity contribution in [2.45, 2.75) is 38.8 Å². The molecule has 1 saturated heterocycles. The Balaban J connectivity index is 1.41. The van der Waals surface area contributed by atoms with Crippen molar-refractivity contribution in [3.05, 3.63) is 106 Å². The highest BCUT2D eigenvalue weighted by molar-refractivity contribution is 9.10. The average Bonchev–Trinajstić information content (AvgIpc) is 3.52. The predicted octanol–water partition coefficient (Wildman–Crippen LogP) is 6.98. The minimum atomic E-state index is -0.258. The van der Waals surface area contributed by atoms with Crippen molar-refractivity contribution in [2.75, 3.05) is 11.9 Å². The number of amides is 1. The molecule has 1 fully saturated rings. The summed E-state index contributed by atoms with van der Waals surface area (Å²) in [7, 11) is 0. The summed E-state index contributed by atoms with van der Waals surface area (Å²) in [5, 5.41) is 7.06. The lowest BCUT2D eigenvalue weighted by Gasteiger charge is -2.26. The van der Waals surface area contributed by atoms with E-state index in [1.165, 1.54) is 5.56 Å². The van der Waals surface area contributed by atoms with Crippen LogP contribution in [0.2, 0.25) is 0 Å². The first kappa shape index (κ1) is 26.1. The summed E-state index contributed by atoms with van der Waals surface area (Å²) in [6.45, 7) is 4.57. The zero-order valence-electron chi connectivity index (χ0n) is 21.3. The smallest absolute Gasteiger partial charge is 0.226 e. The van der Waals surface area contributed by atoms with Gasteiger partial charge in [0.05, 0.1) is 11.7 Å². The number of aromatic nitrogens is 1. The van der Waals surface area contributed by atoms with Gasteiger partial charge in [-0.15, -0.1) is 0 Å². The SMILES string of the molecule is CCc1ccccc1NC(=O)CCN1C(=S)N[C@@H](c2ccccn2)[C@@H]1c1ccc(-c2ccc(C)cc2Br)o1. The van der Waals surface area contributed by atoms with E-state index in [1.54, 1.807) is 6.20 Å².